The van der Waals surface area contributed by atoms with Crippen LogP contribution in [0.1, 0.15) is 5.76 Å². The van der Waals surface area contributed by atoms with Crippen molar-refractivity contribution in [3.05, 3.63) is 48.0 Å². The fourth-order valence-electron chi connectivity index (χ4n) is 1.77. The van der Waals surface area contributed by atoms with E-state index in [1.54, 1.807) is 30.3 Å². The lowest BCUT2D eigenvalue weighted by Crippen LogP contribution is -1.92. The molecule has 0 radical (unpaired) electrons. The number of halogens is 1. The van der Waals surface area contributed by atoms with E-state index < -0.39 is 0 Å². The van der Waals surface area contributed by atoms with Crippen molar-refractivity contribution in [1.29, 1.82) is 0 Å². The van der Waals surface area contributed by atoms with Gasteiger partial charge in [-0.2, -0.15) is 0 Å². The Labute approximate surface area is 96.6 Å². The first kappa shape index (κ1) is 10.1. The van der Waals surface area contributed by atoms with Crippen LogP contribution in [0.15, 0.2) is 45.2 Å². The van der Waals surface area contributed by atoms with Crippen molar-refractivity contribution < 1.29 is 13.2 Å². The Morgan fingerprint density at radius 2 is 1.94 bits per heavy atom. The van der Waals surface area contributed by atoms with Gasteiger partial charge in [0.2, 0.25) is 0 Å². The van der Waals surface area contributed by atoms with Crippen molar-refractivity contribution in [3.8, 4) is 11.5 Å². The van der Waals surface area contributed by atoms with E-state index in [9.17, 15) is 4.39 Å². The van der Waals surface area contributed by atoms with Crippen molar-refractivity contribution >= 4 is 11.0 Å². The van der Waals surface area contributed by atoms with E-state index in [1.807, 2.05) is 0 Å². The topological polar surface area (TPSA) is 52.3 Å². The van der Waals surface area contributed by atoms with Crippen LogP contribution in [0, 0.1) is 5.82 Å². The van der Waals surface area contributed by atoms with Crippen LogP contribution in [-0.4, -0.2) is 0 Å². The highest BCUT2D eigenvalue weighted by Gasteiger charge is 2.12. The molecular weight excluding hydrogens is 221 g/mol. The molecule has 3 aromatic rings. The van der Waals surface area contributed by atoms with E-state index in [-0.39, 0.29) is 11.4 Å². The van der Waals surface area contributed by atoms with Gasteiger partial charge in [-0.25, -0.2) is 4.39 Å². The molecule has 1 aromatic carbocycles. The molecule has 17 heavy (non-hydrogen) atoms. The van der Waals surface area contributed by atoms with Gasteiger partial charge in [0, 0.05) is 5.39 Å². The van der Waals surface area contributed by atoms with Gasteiger partial charge in [-0.15, -0.1) is 0 Å². The summed E-state index contributed by atoms with van der Waals surface area (Å²) >= 11 is 0. The Hall–Kier alpha value is -2.07. The fraction of sp³-hybridized carbons (Fsp3) is 0.0769. The molecule has 0 saturated heterocycles. The van der Waals surface area contributed by atoms with Gasteiger partial charge in [0.05, 0.1) is 6.54 Å². The Balaban J connectivity index is 2.14. The first-order valence-electron chi connectivity index (χ1n) is 5.25. The number of furan rings is 2. The van der Waals surface area contributed by atoms with Gasteiger partial charge in [-0.3, -0.25) is 0 Å². The maximum atomic E-state index is 13.4. The van der Waals surface area contributed by atoms with Crippen molar-refractivity contribution in [3.63, 3.8) is 0 Å². The molecule has 0 spiro atoms. The summed E-state index contributed by atoms with van der Waals surface area (Å²) in [7, 11) is 0. The zero-order chi connectivity index (χ0) is 11.8. The molecule has 0 fully saturated rings. The number of para-hydroxylation sites is 1. The van der Waals surface area contributed by atoms with Crippen LogP contribution in [0.5, 0.6) is 0 Å². The van der Waals surface area contributed by atoms with E-state index in [0.29, 0.717) is 29.2 Å². The van der Waals surface area contributed by atoms with Crippen molar-refractivity contribution in [2.75, 3.05) is 0 Å². The maximum Gasteiger partial charge on any atom is 0.170 e. The molecule has 86 valence electrons. The summed E-state index contributed by atoms with van der Waals surface area (Å²) in [5.74, 6) is 1.35. The van der Waals surface area contributed by atoms with E-state index in [4.69, 9.17) is 14.6 Å². The Morgan fingerprint density at radius 3 is 2.65 bits per heavy atom. The third-order valence-electron chi connectivity index (χ3n) is 2.60. The average Bonchev–Trinajstić information content (AvgIpc) is 2.95. The lowest BCUT2D eigenvalue weighted by Gasteiger charge is -1.90. The second kappa shape index (κ2) is 3.75. The maximum absolute atomic E-state index is 13.4. The second-order valence-electron chi connectivity index (χ2n) is 3.74. The largest absolute Gasteiger partial charge is 0.456 e. The molecule has 0 aliphatic rings. The van der Waals surface area contributed by atoms with Crippen LogP contribution < -0.4 is 5.73 Å². The molecule has 2 N–H and O–H groups in total. The predicted octanol–water partition coefficient (Wildman–Crippen LogP) is 3.29. The van der Waals surface area contributed by atoms with Crippen LogP contribution in [0.25, 0.3) is 22.5 Å². The second-order valence-corrected chi connectivity index (χ2v) is 3.74. The van der Waals surface area contributed by atoms with Gasteiger partial charge in [0.1, 0.15) is 5.76 Å². The molecule has 2 heterocycles. The molecule has 2 aromatic heterocycles. The summed E-state index contributed by atoms with van der Waals surface area (Å²) in [4.78, 5) is 0. The van der Waals surface area contributed by atoms with E-state index >= 15 is 0 Å². The minimum absolute atomic E-state index is 0.244. The molecule has 0 atom stereocenters. The lowest BCUT2D eigenvalue weighted by atomic mass is 10.2. The molecule has 3 nitrogen and oxygen atoms in total. The fourth-order valence-corrected chi connectivity index (χ4v) is 1.77. The predicted molar refractivity (Wildman–Crippen MR) is 61.8 cm³/mol. The summed E-state index contributed by atoms with van der Waals surface area (Å²) in [6.07, 6.45) is 0. The first-order chi connectivity index (χ1) is 8.28. The van der Waals surface area contributed by atoms with E-state index in [1.165, 1.54) is 6.07 Å². The van der Waals surface area contributed by atoms with Crippen LogP contribution >= 0.6 is 0 Å². The third kappa shape index (κ3) is 1.62. The number of benzene rings is 1. The average molecular weight is 231 g/mol. The summed E-state index contributed by atoms with van der Waals surface area (Å²) < 4.78 is 24.3. The summed E-state index contributed by atoms with van der Waals surface area (Å²) in [6, 6.07) is 10.1. The molecule has 4 heteroatoms. The molecule has 0 aliphatic carbocycles. The number of hydrogen-bond donors (Lipinski definition) is 1. The summed E-state index contributed by atoms with van der Waals surface area (Å²) in [5, 5.41) is 0.714. The van der Waals surface area contributed by atoms with Crippen LogP contribution in [0.4, 0.5) is 4.39 Å². The number of rotatable bonds is 2. The molecule has 0 aliphatic heterocycles. The van der Waals surface area contributed by atoms with Crippen LogP contribution in [0.3, 0.4) is 0 Å². The quantitative estimate of drug-likeness (QED) is 0.736. The Morgan fingerprint density at radius 1 is 1.06 bits per heavy atom. The van der Waals surface area contributed by atoms with E-state index in [2.05, 4.69) is 0 Å². The molecular formula is C13H10FNO2. The van der Waals surface area contributed by atoms with Gasteiger partial charge in [0.15, 0.2) is 22.9 Å². The minimum atomic E-state index is -0.376. The lowest BCUT2D eigenvalue weighted by molar-refractivity contribution is 0.498. The zero-order valence-corrected chi connectivity index (χ0v) is 8.94. The SMILES string of the molecule is NCc1ccc(-c2cc3cccc(F)c3o2)o1. The van der Waals surface area contributed by atoms with Gasteiger partial charge < -0.3 is 14.6 Å². The smallest absolute Gasteiger partial charge is 0.170 e. The summed E-state index contributed by atoms with van der Waals surface area (Å²) in [5.41, 5.74) is 5.70. The first-order valence-corrected chi connectivity index (χ1v) is 5.25. The van der Waals surface area contributed by atoms with Crippen molar-refractivity contribution in [1.82, 2.24) is 0 Å². The van der Waals surface area contributed by atoms with Crippen molar-refractivity contribution in [2.24, 2.45) is 5.73 Å². The normalized spacial score (nSPS) is 11.2. The van der Waals surface area contributed by atoms with Gasteiger partial charge >= 0.3 is 0 Å². The van der Waals surface area contributed by atoms with Gasteiger partial charge in [-0.05, 0) is 24.3 Å². The van der Waals surface area contributed by atoms with E-state index in [0.717, 1.165) is 0 Å². The molecule has 0 bridgehead atoms. The monoisotopic (exact) mass is 231 g/mol. The minimum Gasteiger partial charge on any atom is -0.456 e. The highest BCUT2D eigenvalue weighted by atomic mass is 19.1. The summed E-state index contributed by atoms with van der Waals surface area (Å²) in [6.45, 7) is 0.328. The van der Waals surface area contributed by atoms with Crippen molar-refractivity contribution in [2.45, 2.75) is 6.54 Å². The number of fused-ring (bicyclic) bond motifs is 1. The molecule has 0 amide bonds. The standard InChI is InChI=1S/C13H10FNO2/c14-10-3-1-2-8-6-12(17-13(8)10)11-5-4-9(7-15)16-11/h1-6H,7,15H2. The molecule has 0 saturated carbocycles. The van der Waals surface area contributed by atoms with Gasteiger partial charge in [-0.1, -0.05) is 12.1 Å². The highest BCUT2D eigenvalue weighted by Crippen LogP contribution is 2.30. The third-order valence-corrected chi connectivity index (χ3v) is 2.60. The number of nitrogens with two attached hydrogens (primary N) is 1. The van der Waals surface area contributed by atoms with Crippen LogP contribution in [0.2, 0.25) is 0 Å². The Kier molecular flexibility index (Phi) is 2.23. The Bertz CT molecular complexity index is 669. The molecule has 0 unspecified atom stereocenters. The zero-order valence-electron chi connectivity index (χ0n) is 8.94. The van der Waals surface area contributed by atoms with Crippen LogP contribution in [-0.2, 0) is 6.54 Å². The van der Waals surface area contributed by atoms with Gasteiger partial charge in [0.25, 0.3) is 0 Å². The molecule has 3 rings (SSSR count). The highest BCUT2D eigenvalue weighted by molar-refractivity contribution is 5.82. The number of hydrogen-bond acceptors (Lipinski definition) is 3.